The molecule has 0 aliphatic carbocycles. The van der Waals surface area contributed by atoms with Gasteiger partial charge in [0.15, 0.2) is 11.2 Å². The molecule has 0 aliphatic rings. The van der Waals surface area contributed by atoms with Crippen LogP contribution in [0.4, 0.5) is 17.1 Å². The number of furan rings is 2. The first-order chi connectivity index (χ1) is 20.8. The van der Waals surface area contributed by atoms with Crippen molar-refractivity contribution in [1.82, 2.24) is 4.98 Å². The standard InChI is InChI=1S/C37H22N2O3/c1-2-10-23(11-3-1)39(30-16-8-13-26-25-12-4-6-17-31(25)41-36(26)30)24-20-21-27-34(22-24)40-33-19-9-14-28(35(27)33)37-38-29-15-5-7-18-32(29)42-37/h1-22H. The second kappa shape index (κ2) is 8.85. The van der Waals surface area contributed by atoms with E-state index in [2.05, 4.69) is 59.5 Å². The number of rotatable bonds is 4. The molecule has 0 saturated heterocycles. The van der Waals surface area contributed by atoms with Crippen molar-refractivity contribution in [1.29, 1.82) is 0 Å². The summed E-state index contributed by atoms with van der Waals surface area (Å²) in [5.74, 6) is 0.580. The lowest BCUT2D eigenvalue weighted by Crippen LogP contribution is -2.09. The normalized spacial score (nSPS) is 11.8. The molecule has 0 atom stereocenters. The molecular weight excluding hydrogens is 520 g/mol. The molecule has 0 radical (unpaired) electrons. The number of oxazole rings is 1. The number of hydrogen-bond acceptors (Lipinski definition) is 5. The summed E-state index contributed by atoms with van der Waals surface area (Å²) in [6.45, 7) is 0. The Balaban J connectivity index is 1.26. The summed E-state index contributed by atoms with van der Waals surface area (Å²) in [5.41, 5.74) is 8.71. The fraction of sp³-hybridized carbons (Fsp3) is 0. The highest BCUT2D eigenvalue weighted by atomic mass is 16.4. The lowest BCUT2D eigenvalue weighted by molar-refractivity contribution is 0.620. The zero-order chi connectivity index (χ0) is 27.6. The summed E-state index contributed by atoms with van der Waals surface area (Å²) < 4.78 is 19.1. The van der Waals surface area contributed by atoms with Crippen LogP contribution in [0.3, 0.4) is 0 Å². The Labute approximate surface area is 239 Å². The number of nitrogens with zero attached hydrogens (tertiary/aromatic N) is 2. The largest absolute Gasteiger partial charge is 0.456 e. The van der Waals surface area contributed by atoms with E-state index in [-0.39, 0.29) is 0 Å². The molecule has 198 valence electrons. The Bertz CT molecular complexity index is 2400. The monoisotopic (exact) mass is 542 g/mol. The van der Waals surface area contributed by atoms with Gasteiger partial charge in [-0.3, -0.25) is 0 Å². The highest BCUT2D eigenvalue weighted by molar-refractivity contribution is 6.13. The maximum absolute atomic E-state index is 6.47. The summed E-state index contributed by atoms with van der Waals surface area (Å²) in [4.78, 5) is 6.99. The smallest absolute Gasteiger partial charge is 0.228 e. The second-order valence-corrected chi connectivity index (χ2v) is 10.4. The van der Waals surface area contributed by atoms with Crippen molar-refractivity contribution in [3.63, 3.8) is 0 Å². The highest BCUT2D eigenvalue weighted by Gasteiger charge is 2.21. The van der Waals surface area contributed by atoms with Crippen LogP contribution in [0.2, 0.25) is 0 Å². The van der Waals surface area contributed by atoms with Gasteiger partial charge < -0.3 is 18.2 Å². The van der Waals surface area contributed by atoms with Gasteiger partial charge in [-0.15, -0.1) is 0 Å². The summed E-state index contributed by atoms with van der Waals surface area (Å²) in [6.07, 6.45) is 0. The van der Waals surface area contributed by atoms with Gasteiger partial charge in [0.1, 0.15) is 22.3 Å². The Hall–Kier alpha value is -5.81. The summed E-state index contributed by atoms with van der Waals surface area (Å²) in [5, 5.41) is 4.16. The van der Waals surface area contributed by atoms with Gasteiger partial charge in [-0.25, -0.2) is 4.98 Å². The van der Waals surface area contributed by atoms with Gasteiger partial charge in [-0.2, -0.15) is 0 Å². The maximum Gasteiger partial charge on any atom is 0.228 e. The van der Waals surface area contributed by atoms with Crippen molar-refractivity contribution in [3.8, 4) is 11.5 Å². The minimum absolute atomic E-state index is 0.580. The van der Waals surface area contributed by atoms with Gasteiger partial charge in [0.05, 0.1) is 11.4 Å². The number of anilines is 3. The van der Waals surface area contributed by atoms with Crippen molar-refractivity contribution in [3.05, 3.63) is 133 Å². The first kappa shape index (κ1) is 22.9. The lowest BCUT2D eigenvalue weighted by Gasteiger charge is -2.25. The average Bonchev–Trinajstić information content (AvgIpc) is 3.75. The number of aromatic nitrogens is 1. The number of fused-ring (bicyclic) bond motifs is 7. The molecule has 0 unspecified atom stereocenters. The summed E-state index contributed by atoms with van der Waals surface area (Å²) in [7, 11) is 0. The molecule has 5 nitrogen and oxygen atoms in total. The minimum atomic E-state index is 0.580. The third-order valence-electron chi connectivity index (χ3n) is 7.90. The average molecular weight is 543 g/mol. The Kier molecular flexibility index (Phi) is 4.83. The van der Waals surface area contributed by atoms with E-state index in [4.69, 9.17) is 18.2 Å². The predicted octanol–water partition coefficient (Wildman–Crippen LogP) is 10.8. The highest BCUT2D eigenvalue weighted by Crippen LogP contribution is 2.44. The van der Waals surface area contributed by atoms with Crippen LogP contribution in [0.25, 0.3) is 66.4 Å². The van der Waals surface area contributed by atoms with E-state index in [9.17, 15) is 0 Å². The third kappa shape index (κ3) is 3.40. The fourth-order valence-corrected chi connectivity index (χ4v) is 6.03. The number of benzene rings is 6. The zero-order valence-electron chi connectivity index (χ0n) is 22.3. The van der Waals surface area contributed by atoms with E-state index in [1.165, 1.54) is 0 Å². The molecular formula is C37H22N2O3. The molecule has 0 aliphatic heterocycles. The molecule has 9 rings (SSSR count). The predicted molar refractivity (Wildman–Crippen MR) is 169 cm³/mol. The SMILES string of the molecule is c1ccc(N(c2ccc3c(c2)oc2cccc(-c4nc5ccccc5o4)c23)c2cccc3c2oc2ccccc23)cc1. The van der Waals surface area contributed by atoms with E-state index in [0.29, 0.717) is 5.89 Å². The number of hydrogen-bond donors (Lipinski definition) is 0. The van der Waals surface area contributed by atoms with E-state index in [1.54, 1.807) is 0 Å². The fourth-order valence-electron chi connectivity index (χ4n) is 6.03. The first-order valence-electron chi connectivity index (χ1n) is 13.9. The molecule has 9 aromatic rings. The molecule has 0 bridgehead atoms. The van der Waals surface area contributed by atoms with E-state index in [0.717, 1.165) is 77.6 Å². The molecule has 42 heavy (non-hydrogen) atoms. The molecule has 5 heteroatoms. The molecule has 3 heterocycles. The Morgan fingerprint density at radius 2 is 1.24 bits per heavy atom. The van der Waals surface area contributed by atoms with Gasteiger partial charge >= 0.3 is 0 Å². The first-order valence-corrected chi connectivity index (χ1v) is 13.9. The van der Waals surface area contributed by atoms with Gasteiger partial charge in [-0.05, 0) is 60.7 Å². The molecule has 0 N–H and O–H groups in total. The van der Waals surface area contributed by atoms with Crippen molar-refractivity contribution < 1.29 is 13.3 Å². The van der Waals surface area contributed by atoms with E-state index >= 15 is 0 Å². The van der Waals surface area contributed by atoms with Crippen LogP contribution in [0, 0.1) is 0 Å². The van der Waals surface area contributed by atoms with Gasteiger partial charge in [0.2, 0.25) is 5.89 Å². The molecule has 0 amide bonds. The van der Waals surface area contributed by atoms with Gasteiger partial charge in [0.25, 0.3) is 0 Å². The zero-order valence-corrected chi connectivity index (χ0v) is 22.3. The molecule has 3 aromatic heterocycles. The van der Waals surface area contributed by atoms with Crippen molar-refractivity contribution in [2.45, 2.75) is 0 Å². The van der Waals surface area contributed by atoms with Crippen LogP contribution in [0.5, 0.6) is 0 Å². The van der Waals surface area contributed by atoms with Crippen LogP contribution in [0.15, 0.2) is 147 Å². The van der Waals surface area contributed by atoms with Gasteiger partial charge in [0, 0.05) is 38.9 Å². The van der Waals surface area contributed by atoms with Crippen molar-refractivity contribution in [2.24, 2.45) is 0 Å². The summed E-state index contributed by atoms with van der Waals surface area (Å²) in [6, 6.07) is 45.0. The van der Waals surface area contributed by atoms with Crippen LogP contribution < -0.4 is 4.90 Å². The molecule has 6 aromatic carbocycles. The van der Waals surface area contributed by atoms with Gasteiger partial charge in [-0.1, -0.05) is 66.7 Å². The van der Waals surface area contributed by atoms with Crippen molar-refractivity contribution in [2.75, 3.05) is 4.90 Å². The van der Waals surface area contributed by atoms with Crippen LogP contribution in [-0.2, 0) is 0 Å². The molecule has 0 fully saturated rings. The Morgan fingerprint density at radius 3 is 2.14 bits per heavy atom. The topological polar surface area (TPSA) is 55.6 Å². The van der Waals surface area contributed by atoms with Crippen LogP contribution in [0.1, 0.15) is 0 Å². The van der Waals surface area contributed by atoms with Crippen LogP contribution >= 0.6 is 0 Å². The second-order valence-electron chi connectivity index (χ2n) is 10.4. The lowest BCUT2D eigenvalue weighted by atomic mass is 10.1. The van der Waals surface area contributed by atoms with Crippen LogP contribution in [-0.4, -0.2) is 4.98 Å². The number of para-hydroxylation sites is 5. The maximum atomic E-state index is 6.47. The molecule has 0 spiro atoms. The summed E-state index contributed by atoms with van der Waals surface area (Å²) >= 11 is 0. The quantitative estimate of drug-likeness (QED) is 0.221. The minimum Gasteiger partial charge on any atom is -0.456 e. The molecule has 0 saturated carbocycles. The third-order valence-corrected chi connectivity index (χ3v) is 7.90. The Morgan fingerprint density at radius 1 is 0.476 bits per heavy atom. The van der Waals surface area contributed by atoms with Crippen molar-refractivity contribution >= 4 is 72.0 Å². The van der Waals surface area contributed by atoms with E-state index in [1.807, 2.05) is 78.9 Å². The van der Waals surface area contributed by atoms with E-state index < -0.39 is 0 Å².